The van der Waals surface area contributed by atoms with E-state index in [2.05, 4.69) is 21.6 Å². The van der Waals surface area contributed by atoms with Gasteiger partial charge < -0.3 is 19.0 Å². The van der Waals surface area contributed by atoms with E-state index in [1.807, 2.05) is 38.1 Å². The first kappa shape index (κ1) is 25.2. The molecule has 1 N–H and O–H groups in total. The van der Waals surface area contributed by atoms with Gasteiger partial charge in [-0.05, 0) is 38.3 Å². The van der Waals surface area contributed by atoms with Gasteiger partial charge in [0.25, 0.3) is 0 Å². The maximum absolute atomic E-state index is 10.4. The molecule has 9 heteroatoms. The first-order valence-electron chi connectivity index (χ1n) is 12.2. The SMILES string of the molecule is C=Nc1cc(C(O)CC)sc1/C(=C\C)c1cc(Cl)cc2c1O[C@@H](c1ocnc1CN1CCOCC1)C2. The minimum Gasteiger partial charge on any atom is -0.481 e. The number of hydrogen-bond acceptors (Lipinski definition) is 8. The van der Waals surface area contributed by atoms with Gasteiger partial charge in [-0.3, -0.25) is 9.89 Å². The fraction of sp³-hybridized carbons (Fsp3) is 0.407. The van der Waals surface area contributed by atoms with Crippen molar-refractivity contribution < 1.29 is 19.0 Å². The molecule has 0 spiro atoms. The van der Waals surface area contributed by atoms with Crippen molar-refractivity contribution in [1.29, 1.82) is 0 Å². The van der Waals surface area contributed by atoms with Gasteiger partial charge in [-0.2, -0.15) is 0 Å². The van der Waals surface area contributed by atoms with Gasteiger partial charge >= 0.3 is 0 Å². The molecule has 1 saturated heterocycles. The molecule has 0 radical (unpaired) electrons. The molecule has 2 aliphatic rings. The molecule has 2 aliphatic heterocycles. The van der Waals surface area contributed by atoms with Gasteiger partial charge in [0, 0.05) is 52.7 Å². The number of aromatic nitrogens is 1. The highest BCUT2D eigenvalue weighted by Crippen LogP contribution is 2.48. The van der Waals surface area contributed by atoms with Gasteiger partial charge in [0.05, 0.1) is 29.9 Å². The zero-order chi connectivity index (χ0) is 25.2. The van der Waals surface area contributed by atoms with E-state index in [0.717, 1.165) is 75.6 Å². The molecule has 0 aliphatic carbocycles. The second-order valence-corrected chi connectivity index (χ2v) is 10.5. The standard InChI is InChI=1S/C27H30ClN3O4S/c1-4-18(27-20(29-3)13-24(36-27)22(32)5-2)19-12-17(28)10-16-11-23(35-25(16)19)26-21(30-15-34-26)14-31-6-8-33-9-7-31/h4,10,12-13,15,22-23,32H,3,5-9,11,14H2,1-2H3/b18-4-/t22?,23-/m1/s1. The minimum absolute atomic E-state index is 0.285. The summed E-state index contributed by atoms with van der Waals surface area (Å²) in [6.45, 7) is 11.6. The number of aliphatic hydroxyl groups excluding tert-OH is 1. The average Bonchev–Trinajstić information content (AvgIpc) is 3.63. The van der Waals surface area contributed by atoms with Crippen molar-refractivity contribution in [1.82, 2.24) is 9.88 Å². The Morgan fingerprint density at radius 3 is 2.89 bits per heavy atom. The van der Waals surface area contributed by atoms with Crippen molar-refractivity contribution in [2.24, 2.45) is 4.99 Å². The highest BCUT2D eigenvalue weighted by atomic mass is 35.5. The Kier molecular flexibility index (Phi) is 7.60. The summed E-state index contributed by atoms with van der Waals surface area (Å²) in [5.41, 5.74) is 4.49. The van der Waals surface area contributed by atoms with Crippen LogP contribution in [0.4, 0.5) is 5.69 Å². The number of ether oxygens (including phenoxy) is 2. The van der Waals surface area contributed by atoms with Crippen LogP contribution in [0.15, 0.2) is 40.1 Å². The number of rotatable bonds is 8. The summed E-state index contributed by atoms with van der Waals surface area (Å²) in [4.78, 5) is 12.8. The normalized spacial score (nSPS) is 19.2. The maximum Gasteiger partial charge on any atom is 0.181 e. The van der Waals surface area contributed by atoms with Gasteiger partial charge in [-0.15, -0.1) is 11.3 Å². The number of oxazole rings is 1. The Morgan fingerprint density at radius 1 is 1.36 bits per heavy atom. The number of hydrogen-bond donors (Lipinski definition) is 1. The van der Waals surface area contributed by atoms with Crippen LogP contribution >= 0.6 is 22.9 Å². The number of halogens is 1. The number of nitrogens with zero attached hydrogens (tertiary/aromatic N) is 3. The number of aliphatic imine (C=N–C) groups is 1. The predicted molar refractivity (Wildman–Crippen MR) is 143 cm³/mol. The highest BCUT2D eigenvalue weighted by Gasteiger charge is 2.33. The molecule has 1 fully saturated rings. The van der Waals surface area contributed by atoms with E-state index in [4.69, 9.17) is 25.5 Å². The summed E-state index contributed by atoms with van der Waals surface area (Å²) in [7, 11) is 0. The monoisotopic (exact) mass is 527 g/mol. The predicted octanol–water partition coefficient (Wildman–Crippen LogP) is 6.13. The zero-order valence-electron chi connectivity index (χ0n) is 20.5. The molecule has 3 aromatic rings. The quantitative estimate of drug-likeness (QED) is 0.355. The van der Waals surface area contributed by atoms with Crippen LogP contribution in [-0.2, 0) is 17.7 Å². The molecule has 4 heterocycles. The van der Waals surface area contributed by atoms with E-state index in [-0.39, 0.29) is 6.10 Å². The van der Waals surface area contributed by atoms with Gasteiger partial charge in [0.2, 0.25) is 0 Å². The number of fused-ring (bicyclic) bond motifs is 1. The molecule has 0 bridgehead atoms. The van der Waals surface area contributed by atoms with Crippen molar-refractivity contribution in [2.45, 2.75) is 45.4 Å². The molecule has 1 unspecified atom stereocenters. The first-order valence-corrected chi connectivity index (χ1v) is 13.4. The van der Waals surface area contributed by atoms with Crippen molar-refractivity contribution in [3.8, 4) is 5.75 Å². The van der Waals surface area contributed by atoms with Crippen molar-refractivity contribution in [3.63, 3.8) is 0 Å². The van der Waals surface area contributed by atoms with Gasteiger partial charge in [-0.1, -0.05) is 24.6 Å². The van der Waals surface area contributed by atoms with E-state index < -0.39 is 6.10 Å². The van der Waals surface area contributed by atoms with E-state index >= 15 is 0 Å². The van der Waals surface area contributed by atoms with Crippen LogP contribution in [0.25, 0.3) is 5.57 Å². The van der Waals surface area contributed by atoms with Crippen molar-refractivity contribution >= 4 is 40.9 Å². The summed E-state index contributed by atoms with van der Waals surface area (Å²) in [6.07, 6.45) is 3.97. The molecule has 5 rings (SSSR count). The number of morpholine rings is 1. The lowest BCUT2D eigenvalue weighted by molar-refractivity contribution is 0.0331. The Hall–Kier alpha value is -2.49. The lowest BCUT2D eigenvalue weighted by atomic mass is 9.98. The second-order valence-electron chi connectivity index (χ2n) is 8.95. The fourth-order valence-electron chi connectivity index (χ4n) is 4.79. The van der Waals surface area contributed by atoms with Crippen LogP contribution in [0.5, 0.6) is 5.75 Å². The van der Waals surface area contributed by atoms with Crippen LogP contribution in [0.2, 0.25) is 5.02 Å². The van der Waals surface area contributed by atoms with E-state index in [9.17, 15) is 5.11 Å². The maximum atomic E-state index is 10.4. The van der Waals surface area contributed by atoms with E-state index in [1.165, 1.54) is 17.7 Å². The van der Waals surface area contributed by atoms with E-state index in [0.29, 0.717) is 24.4 Å². The lowest BCUT2D eigenvalue weighted by Crippen LogP contribution is -2.36. The zero-order valence-corrected chi connectivity index (χ0v) is 22.1. The topological polar surface area (TPSA) is 80.3 Å². The molecule has 0 saturated carbocycles. The smallest absolute Gasteiger partial charge is 0.181 e. The van der Waals surface area contributed by atoms with Crippen LogP contribution in [0.1, 0.15) is 64.8 Å². The second kappa shape index (κ2) is 10.9. The molecule has 2 aromatic heterocycles. The third-order valence-electron chi connectivity index (χ3n) is 6.68. The Morgan fingerprint density at radius 2 is 2.17 bits per heavy atom. The number of allylic oxidation sites excluding steroid dienone is 1. The number of benzene rings is 1. The largest absolute Gasteiger partial charge is 0.481 e. The van der Waals surface area contributed by atoms with Gasteiger partial charge in [-0.25, -0.2) is 4.98 Å². The summed E-state index contributed by atoms with van der Waals surface area (Å²) in [5, 5.41) is 11.1. The fourth-order valence-corrected chi connectivity index (χ4v) is 6.30. The molecule has 0 amide bonds. The third-order valence-corrected chi connectivity index (χ3v) is 8.16. The number of aliphatic hydroxyl groups is 1. The Balaban J connectivity index is 1.47. The summed E-state index contributed by atoms with van der Waals surface area (Å²) in [6, 6.07) is 5.79. The molecule has 1 aromatic carbocycles. The summed E-state index contributed by atoms with van der Waals surface area (Å²) < 4.78 is 17.9. The summed E-state index contributed by atoms with van der Waals surface area (Å²) >= 11 is 8.11. The van der Waals surface area contributed by atoms with Crippen LogP contribution in [0, 0.1) is 0 Å². The Labute approximate surface area is 220 Å². The third kappa shape index (κ3) is 4.88. The van der Waals surface area contributed by atoms with Gasteiger partial charge in [0.1, 0.15) is 11.4 Å². The minimum atomic E-state index is -0.538. The first-order chi connectivity index (χ1) is 17.5. The van der Waals surface area contributed by atoms with E-state index in [1.54, 1.807) is 0 Å². The van der Waals surface area contributed by atoms with Crippen LogP contribution in [-0.4, -0.2) is 48.0 Å². The summed E-state index contributed by atoms with van der Waals surface area (Å²) in [5.74, 6) is 1.53. The van der Waals surface area contributed by atoms with Crippen LogP contribution < -0.4 is 4.74 Å². The molecule has 7 nitrogen and oxygen atoms in total. The molecule has 36 heavy (non-hydrogen) atoms. The van der Waals surface area contributed by atoms with Crippen molar-refractivity contribution in [2.75, 3.05) is 26.3 Å². The van der Waals surface area contributed by atoms with Gasteiger partial charge in [0.15, 0.2) is 18.3 Å². The molecule has 2 atom stereocenters. The average molecular weight is 528 g/mol. The highest BCUT2D eigenvalue weighted by molar-refractivity contribution is 7.13. The molecular formula is C27H30ClN3O4S. The van der Waals surface area contributed by atoms with Crippen LogP contribution in [0.3, 0.4) is 0 Å². The molecule has 190 valence electrons. The Bertz CT molecular complexity index is 1280. The lowest BCUT2D eigenvalue weighted by Gasteiger charge is -2.26. The number of thiophene rings is 1. The van der Waals surface area contributed by atoms with Crippen molar-refractivity contribution in [3.05, 3.63) is 68.0 Å². The molecular weight excluding hydrogens is 498 g/mol.